The molecule has 0 amide bonds. The molecule has 1 heterocycles. The predicted molar refractivity (Wildman–Crippen MR) is 90.5 cm³/mol. The number of hydrogen-bond acceptors (Lipinski definition) is 3. The fourth-order valence-corrected chi connectivity index (χ4v) is 2.96. The average molecular weight is 296 g/mol. The number of rotatable bonds is 3. The van der Waals surface area contributed by atoms with E-state index in [0.717, 1.165) is 25.4 Å². The first kappa shape index (κ1) is 15.1. The molecule has 2 aromatic rings. The quantitative estimate of drug-likeness (QED) is 0.879. The van der Waals surface area contributed by atoms with E-state index < -0.39 is 0 Å². The maximum atomic E-state index is 6.10. The Bertz CT molecular complexity index is 624. The number of morpholine rings is 1. The lowest BCUT2D eigenvalue weighted by Gasteiger charge is -2.45. The second-order valence-electron chi connectivity index (χ2n) is 6.65. The lowest BCUT2D eigenvalue weighted by Crippen LogP contribution is -2.53. The van der Waals surface area contributed by atoms with E-state index in [1.165, 1.54) is 11.1 Å². The number of nitrogens with two attached hydrogens (primary N) is 1. The number of anilines is 1. The first-order valence-electron chi connectivity index (χ1n) is 7.81. The molecular weight excluding hydrogens is 272 g/mol. The number of nitrogens with zero attached hydrogens (tertiary/aromatic N) is 1. The third-order valence-corrected chi connectivity index (χ3v) is 4.38. The number of hydrogen-bond donors (Lipinski definition) is 1. The van der Waals surface area contributed by atoms with Crippen LogP contribution in [0.1, 0.15) is 31.1 Å². The van der Waals surface area contributed by atoms with Gasteiger partial charge in [-0.3, -0.25) is 4.90 Å². The predicted octanol–water partition coefficient (Wildman–Crippen LogP) is 3.62. The molecule has 1 atom stereocenters. The minimum Gasteiger partial charge on any atom is -0.399 e. The zero-order valence-electron chi connectivity index (χ0n) is 13.3. The minimum absolute atomic E-state index is 0.0237. The van der Waals surface area contributed by atoms with Crippen molar-refractivity contribution < 1.29 is 4.74 Å². The third kappa shape index (κ3) is 3.32. The second-order valence-corrected chi connectivity index (χ2v) is 6.65. The molecule has 1 unspecified atom stereocenters. The SMILES string of the molecule is CC1(C)COC(c2ccccc2)CN1Cc1cccc(N)c1. The van der Waals surface area contributed by atoms with Crippen LogP contribution in [0.3, 0.4) is 0 Å². The number of benzene rings is 2. The fourth-order valence-electron chi connectivity index (χ4n) is 2.96. The molecular formula is C19H24N2O. The van der Waals surface area contributed by atoms with Gasteiger partial charge in [0.2, 0.25) is 0 Å². The Hall–Kier alpha value is -1.84. The summed E-state index contributed by atoms with van der Waals surface area (Å²) < 4.78 is 6.10. The molecule has 3 nitrogen and oxygen atoms in total. The van der Waals surface area contributed by atoms with E-state index in [1.807, 2.05) is 18.2 Å². The smallest absolute Gasteiger partial charge is 0.0953 e. The van der Waals surface area contributed by atoms with Gasteiger partial charge in [-0.25, -0.2) is 0 Å². The minimum atomic E-state index is 0.0237. The van der Waals surface area contributed by atoms with Crippen LogP contribution in [-0.4, -0.2) is 23.6 Å². The van der Waals surface area contributed by atoms with Gasteiger partial charge in [0.25, 0.3) is 0 Å². The maximum Gasteiger partial charge on any atom is 0.0953 e. The van der Waals surface area contributed by atoms with Crippen LogP contribution < -0.4 is 5.73 Å². The van der Waals surface area contributed by atoms with Gasteiger partial charge in [0.1, 0.15) is 0 Å². The molecule has 1 aliphatic rings. The van der Waals surface area contributed by atoms with Gasteiger partial charge in [0.15, 0.2) is 0 Å². The summed E-state index contributed by atoms with van der Waals surface area (Å²) >= 11 is 0. The van der Waals surface area contributed by atoms with E-state index in [2.05, 4.69) is 55.1 Å². The van der Waals surface area contributed by atoms with Crippen LogP contribution in [0.4, 0.5) is 5.69 Å². The van der Waals surface area contributed by atoms with Gasteiger partial charge in [0.05, 0.1) is 12.7 Å². The Kier molecular flexibility index (Phi) is 4.19. The molecule has 1 fully saturated rings. The molecule has 0 spiro atoms. The molecule has 3 heteroatoms. The standard InChI is InChI=1S/C19H24N2O/c1-19(2)14-22-18(16-8-4-3-5-9-16)13-21(19)12-15-7-6-10-17(20)11-15/h3-11,18H,12-14,20H2,1-2H3. The Morgan fingerprint density at radius 3 is 2.64 bits per heavy atom. The molecule has 0 aromatic heterocycles. The summed E-state index contributed by atoms with van der Waals surface area (Å²) in [6.45, 7) is 6.99. The summed E-state index contributed by atoms with van der Waals surface area (Å²) in [5, 5.41) is 0. The molecule has 0 aliphatic carbocycles. The van der Waals surface area contributed by atoms with Gasteiger partial charge in [-0.15, -0.1) is 0 Å². The maximum absolute atomic E-state index is 6.10. The Labute approximate surface area is 132 Å². The highest BCUT2D eigenvalue weighted by molar-refractivity contribution is 5.40. The Balaban J connectivity index is 1.78. The van der Waals surface area contributed by atoms with Crippen LogP contribution in [0.5, 0.6) is 0 Å². The summed E-state index contributed by atoms with van der Waals surface area (Å²) in [5.74, 6) is 0. The first-order chi connectivity index (χ1) is 10.5. The van der Waals surface area contributed by atoms with Gasteiger partial charge >= 0.3 is 0 Å². The molecule has 2 N–H and O–H groups in total. The van der Waals surface area contributed by atoms with Crippen molar-refractivity contribution in [2.24, 2.45) is 0 Å². The molecule has 1 saturated heterocycles. The molecule has 0 bridgehead atoms. The second kappa shape index (κ2) is 6.11. The largest absolute Gasteiger partial charge is 0.399 e. The van der Waals surface area contributed by atoms with Crippen LogP contribution in [-0.2, 0) is 11.3 Å². The van der Waals surface area contributed by atoms with Gasteiger partial charge in [-0.05, 0) is 37.1 Å². The molecule has 1 aliphatic heterocycles. The summed E-state index contributed by atoms with van der Waals surface area (Å²) in [6.07, 6.45) is 0.135. The molecule has 22 heavy (non-hydrogen) atoms. The zero-order valence-corrected chi connectivity index (χ0v) is 13.3. The molecule has 116 valence electrons. The Morgan fingerprint density at radius 1 is 1.14 bits per heavy atom. The lowest BCUT2D eigenvalue weighted by molar-refractivity contribution is -0.104. The van der Waals surface area contributed by atoms with Crippen molar-refractivity contribution in [1.82, 2.24) is 4.90 Å². The van der Waals surface area contributed by atoms with Gasteiger partial charge in [0, 0.05) is 24.3 Å². The van der Waals surface area contributed by atoms with Crippen LogP contribution in [0, 0.1) is 0 Å². The van der Waals surface area contributed by atoms with Crippen molar-refractivity contribution in [1.29, 1.82) is 0 Å². The van der Waals surface area contributed by atoms with Crippen molar-refractivity contribution in [3.8, 4) is 0 Å². The van der Waals surface area contributed by atoms with E-state index in [9.17, 15) is 0 Å². The van der Waals surface area contributed by atoms with Crippen molar-refractivity contribution in [2.45, 2.75) is 32.0 Å². The average Bonchev–Trinajstić information content (AvgIpc) is 2.50. The van der Waals surface area contributed by atoms with Crippen molar-refractivity contribution in [2.75, 3.05) is 18.9 Å². The highest BCUT2D eigenvalue weighted by Crippen LogP contribution is 2.31. The van der Waals surface area contributed by atoms with Gasteiger partial charge < -0.3 is 10.5 Å². The number of nitrogen functional groups attached to an aromatic ring is 1. The highest BCUT2D eigenvalue weighted by Gasteiger charge is 2.35. The summed E-state index contributed by atoms with van der Waals surface area (Å²) in [4.78, 5) is 2.49. The van der Waals surface area contributed by atoms with E-state index in [1.54, 1.807) is 0 Å². The van der Waals surface area contributed by atoms with Crippen LogP contribution in [0.25, 0.3) is 0 Å². The molecule has 3 rings (SSSR count). The van der Waals surface area contributed by atoms with Crippen LogP contribution in [0.2, 0.25) is 0 Å². The van der Waals surface area contributed by atoms with E-state index in [0.29, 0.717) is 0 Å². The molecule has 0 radical (unpaired) electrons. The van der Waals surface area contributed by atoms with E-state index in [-0.39, 0.29) is 11.6 Å². The Morgan fingerprint density at radius 2 is 1.91 bits per heavy atom. The zero-order chi connectivity index (χ0) is 15.6. The van der Waals surface area contributed by atoms with Gasteiger partial charge in [-0.2, -0.15) is 0 Å². The van der Waals surface area contributed by atoms with E-state index in [4.69, 9.17) is 10.5 Å². The molecule has 2 aromatic carbocycles. The van der Waals surface area contributed by atoms with Crippen molar-refractivity contribution >= 4 is 5.69 Å². The first-order valence-corrected chi connectivity index (χ1v) is 7.81. The monoisotopic (exact) mass is 296 g/mol. The summed E-state index contributed by atoms with van der Waals surface area (Å²) in [7, 11) is 0. The molecule has 0 saturated carbocycles. The number of ether oxygens (including phenoxy) is 1. The van der Waals surface area contributed by atoms with Crippen molar-refractivity contribution in [3.05, 3.63) is 65.7 Å². The summed E-state index contributed by atoms with van der Waals surface area (Å²) in [6, 6.07) is 18.6. The van der Waals surface area contributed by atoms with Crippen LogP contribution in [0.15, 0.2) is 54.6 Å². The van der Waals surface area contributed by atoms with Crippen LogP contribution >= 0.6 is 0 Å². The topological polar surface area (TPSA) is 38.5 Å². The normalized spacial score (nSPS) is 21.6. The highest BCUT2D eigenvalue weighted by atomic mass is 16.5. The van der Waals surface area contributed by atoms with Gasteiger partial charge in [-0.1, -0.05) is 42.5 Å². The fraction of sp³-hybridized carbons (Fsp3) is 0.368. The van der Waals surface area contributed by atoms with E-state index >= 15 is 0 Å². The summed E-state index contributed by atoms with van der Waals surface area (Å²) in [5.41, 5.74) is 9.25. The lowest BCUT2D eigenvalue weighted by atomic mass is 9.97. The van der Waals surface area contributed by atoms with Crippen molar-refractivity contribution in [3.63, 3.8) is 0 Å². The third-order valence-electron chi connectivity index (χ3n) is 4.38.